The van der Waals surface area contributed by atoms with Gasteiger partial charge >= 0.3 is 0 Å². The molecule has 2 rings (SSSR count). The summed E-state index contributed by atoms with van der Waals surface area (Å²) in [5.41, 5.74) is 3.73. The van der Waals surface area contributed by atoms with Crippen LogP contribution in [0.1, 0.15) is 12.0 Å². The SMILES string of the molecule is O=C1CCNN1Cc1cccc(F)c1. The topological polar surface area (TPSA) is 32.3 Å². The normalized spacial score (nSPS) is 16.4. The van der Waals surface area contributed by atoms with Gasteiger partial charge in [0.15, 0.2) is 0 Å². The van der Waals surface area contributed by atoms with E-state index in [9.17, 15) is 9.18 Å². The lowest BCUT2D eigenvalue weighted by molar-refractivity contribution is -0.130. The highest BCUT2D eigenvalue weighted by Crippen LogP contribution is 2.09. The highest BCUT2D eigenvalue weighted by Gasteiger charge is 2.19. The minimum Gasteiger partial charge on any atom is -0.274 e. The number of nitrogens with one attached hydrogen (secondary N) is 1. The van der Waals surface area contributed by atoms with Crippen molar-refractivity contribution in [3.63, 3.8) is 0 Å². The molecule has 1 heterocycles. The maximum atomic E-state index is 12.8. The largest absolute Gasteiger partial charge is 0.274 e. The Kier molecular flexibility index (Phi) is 2.45. The number of benzene rings is 1. The first-order chi connectivity index (χ1) is 6.75. The van der Waals surface area contributed by atoms with E-state index in [1.165, 1.54) is 17.1 Å². The number of hydrazine groups is 1. The molecule has 0 radical (unpaired) electrons. The van der Waals surface area contributed by atoms with Crippen LogP contribution in [0.25, 0.3) is 0 Å². The van der Waals surface area contributed by atoms with Crippen LogP contribution in [0.2, 0.25) is 0 Å². The Labute approximate surface area is 81.5 Å². The van der Waals surface area contributed by atoms with Crippen LogP contribution >= 0.6 is 0 Å². The number of rotatable bonds is 2. The molecule has 0 aliphatic carbocycles. The van der Waals surface area contributed by atoms with E-state index in [-0.39, 0.29) is 11.7 Å². The van der Waals surface area contributed by atoms with Gasteiger partial charge in [0.25, 0.3) is 0 Å². The van der Waals surface area contributed by atoms with E-state index in [0.717, 1.165) is 5.56 Å². The van der Waals surface area contributed by atoms with Crippen molar-refractivity contribution >= 4 is 5.91 Å². The second-order valence-electron chi connectivity index (χ2n) is 3.27. The van der Waals surface area contributed by atoms with E-state index in [0.29, 0.717) is 19.5 Å². The zero-order valence-corrected chi connectivity index (χ0v) is 7.66. The maximum absolute atomic E-state index is 12.8. The first-order valence-corrected chi connectivity index (χ1v) is 4.54. The van der Waals surface area contributed by atoms with Crippen LogP contribution < -0.4 is 5.43 Å². The van der Waals surface area contributed by atoms with E-state index >= 15 is 0 Å². The lowest BCUT2D eigenvalue weighted by Crippen LogP contribution is -2.33. The Morgan fingerprint density at radius 1 is 1.50 bits per heavy atom. The quantitative estimate of drug-likeness (QED) is 0.763. The molecule has 14 heavy (non-hydrogen) atoms. The molecular formula is C10H11FN2O. The summed E-state index contributed by atoms with van der Waals surface area (Å²) in [6, 6.07) is 6.28. The van der Waals surface area contributed by atoms with E-state index in [4.69, 9.17) is 0 Å². The van der Waals surface area contributed by atoms with Crippen molar-refractivity contribution in [2.24, 2.45) is 0 Å². The predicted molar refractivity (Wildman–Crippen MR) is 49.6 cm³/mol. The molecule has 0 saturated carbocycles. The molecule has 3 nitrogen and oxygen atoms in total. The molecule has 1 aromatic rings. The Morgan fingerprint density at radius 2 is 2.36 bits per heavy atom. The lowest BCUT2D eigenvalue weighted by atomic mass is 10.2. The van der Waals surface area contributed by atoms with Crippen LogP contribution in [-0.2, 0) is 11.3 Å². The number of carbonyl (C=O) groups is 1. The summed E-state index contributed by atoms with van der Waals surface area (Å²) in [6.45, 7) is 1.10. The predicted octanol–water partition coefficient (Wildman–Crippen LogP) is 1.06. The molecule has 1 amide bonds. The van der Waals surface area contributed by atoms with Crippen LogP contribution in [-0.4, -0.2) is 17.5 Å². The molecule has 0 unspecified atom stereocenters. The third-order valence-corrected chi connectivity index (χ3v) is 2.17. The number of amides is 1. The smallest absolute Gasteiger partial charge is 0.238 e. The van der Waals surface area contributed by atoms with Crippen LogP contribution in [0.4, 0.5) is 4.39 Å². The molecule has 1 aliphatic heterocycles. The van der Waals surface area contributed by atoms with Gasteiger partial charge in [0.2, 0.25) is 5.91 Å². The number of carbonyl (C=O) groups excluding carboxylic acids is 1. The summed E-state index contributed by atoms with van der Waals surface area (Å²) >= 11 is 0. The Bertz CT molecular complexity index is 354. The second-order valence-corrected chi connectivity index (χ2v) is 3.27. The third-order valence-electron chi connectivity index (χ3n) is 2.17. The summed E-state index contributed by atoms with van der Waals surface area (Å²) in [7, 11) is 0. The van der Waals surface area contributed by atoms with Gasteiger partial charge in [-0.05, 0) is 17.7 Å². The number of hydrogen-bond acceptors (Lipinski definition) is 2. The molecule has 1 aliphatic rings. The van der Waals surface area contributed by atoms with E-state index < -0.39 is 0 Å². The van der Waals surface area contributed by atoms with E-state index in [1.54, 1.807) is 12.1 Å². The van der Waals surface area contributed by atoms with Gasteiger partial charge < -0.3 is 0 Å². The van der Waals surface area contributed by atoms with Crippen LogP contribution in [0.3, 0.4) is 0 Å². The van der Waals surface area contributed by atoms with Crippen LogP contribution in [0.5, 0.6) is 0 Å². The summed E-state index contributed by atoms with van der Waals surface area (Å²) in [5, 5.41) is 1.52. The van der Waals surface area contributed by atoms with Crippen molar-refractivity contribution in [3.8, 4) is 0 Å². The zero-order chi connectivity index (χ0) is 9.97. The monoisotopic (exact) mass is 194 g/mol. The number of halogens is 1. The second kappa shape index (κ2) is 3.75. The Hall–Kier alpha value is -1.42. The fourth-order valence-electron chi connectivity index (χ4n) is 1.48. The van der Waals surface area contributed by atoms with Crippen molar-refractivity contribution in [2.45, 2.75) is 13.0 Å². The molecule has 74 valence electrons. The average molecular weight is 194 g/mol. The van der Waals surface area contributed by atoms with E-state index in [2.05, 4.69) is 5.43 Å². The summed E-state index contributed by atoms with van der Waals surface area (Å²) in [5.74, 6) is -0.205. The highest BCUT2D eigenvalue weighted by atomic mass is 19.1. The number of nitrogens with zero attached hydrogens (tertiary/aromatic N) is 1. The van der Waals surface area contributed by atoms with Crippen LogP contribution in [0.15, 0.2) is 24.3 Å². The molecule has 0 spiro atoms. The molecule has 0 bridgehead atoms. The van der Waals surface area contributed by atoms with Crippen molar-refractivity contribution in [1.29, 1.82) is 0 Å². The fourth-order valence-corrected chi connectivity index (χ4v) is 1.48. The highest BCUT2D eigenvalue weighted by molar-refractivity contribution is 5.77. The van der Waals surface area contributed by atoms with Gasteiger partial charge in [0.05, 0.1) is 6.54 Å². The van der Waals surface area contributed by atoms with Gasteiger partial charge in [-0.3, -0.25) is 9.80 Å². The summed E-state index contributed by atoms with van der Waals surface area (Å²) in [4.78, 5) is 11.2. The molecule has 0 atom stereocenters. The van der Waals surface area contributed by atoms with Gasteiger partial charge in [-0.2, -0.15) is 0 Å². The lowest BCUT2D eigenvalue weighted by Gasteiger charge is -2.15. The summed E-state index contributed by atoms with van der Waals surface area (Å²) in [6.07, 6.45) is 0.523. The third kappa shape index (κ3) is 1.90. The molecule has 1 saturated heterocycles. The van der Waals surface area contributed by atoms with Gasteiger partial charge in [-0.15, -0.1) is 0 Å². The standard InChI is InChI=1S/C10H11FN2O/c11-9-3-1-2-8(6-9)7-13-10(14)4-5-12-13/h1-3,6,12H,4-5,7H2. The van der Waals surface area contributed by atoms with Crippen molar-refractivity contribution in [2.75, 3.05) is 6.54 Å². The Morgan fingerprint density at radius 3 is 3.00 bits per heavy atom. The van der Waals surface area contributed by atoms with Crippen molar-refractivity contribution < 1.29 is 9.18 Å². The number of hydrogen-bond donors (Lipinski definition) is 1. The first-order valence-electron chi connectivity index (χ1n) is 4.54. The molecular weight excluding hydrogens is 183 g/mol. The Balaban J connectivity index is 2.07. The molecule has 1 aromatic carbocycles. The zero-order valence-electron chi connectivity index (χ0n) is 7.66. The molecule has 1 N–H and O–H groups in total. The average Bonchev–Trinajstić information content (AvgIpc) is 2.52. The van der Waals surface area contributed by atoms with Gasteiger partial charge in [0, 0.05) is 13.0 Å². The molecule has 4 heteroatoms. The minimum atomic E-state index is -0.269. The van der Waals surface area contributed by atoms with Gasteiger partial charge in [0.1, 0.15) is 5.82 Å². The van der Waals surface area contributed by atoms with Gasteiger partial charge in [-0.25, -0.2) is 9.82 Å². The van der Waals surface area contributed by atoms with Crippen LogP contribution in [0, 0.1) is 5.82 Å². The minimum absolute atomic E-state index is 0.0641. The van der Waals surface area contributed by atoms with Crippen molar-refractivity contribution in [1.82, 2.24) is 10.4 Å². The fraction of sp³-hybridized carbons (Fsp3) is 0.300. The summed E-state index contributed by atoms with van der Waals surface area (Å²) < 4.78 is 12.8. The van der Waals surface area contributed by atoms with Gasteiger partial charge in [-0.1, -0.05) is 12.1 Å². The first kappa shape index (κ1) is 9.15. The van der Waals surface area contributed by atoms with Crippen molar-refractivity contribution in [3.05, 3.63) is 35.6 Å². The molecule has 0 aromatic heterocycles. The molecule has 1 fully saturated rings. The van der Waals surface area contributed by atoms with E-state index in [1.807, 2.05) is 0 Å². The maximum Gasteiger partial charge on any atom is 0.238 e.